The molecule has 1 aromatic heterocycles. The fraction of sp³-hybridized carbons (Fsp3) is 0.400. The highest BCUT2D eigenvalue weighted by Crippen LogP contribution is 2.42. The number of carbonyl (C=O) groups is 2. The third-order valence-corrected chi connectivity index (χ3v) is 5.96. The van der Waals surface area contributed by atoms with Crippen LogP contribution in [0.5, 0.6) is 0 Å². The Bertz CT molecular complexity index is 769. The zero-order chi connectivity index (χ0) is 18.6. The maximum absolute atomic E-state index is 13.6. The van der Waals surface area contributed by atoms with Crippen molar-refractivity contribution in [1.29, 1.82) is 0 Å². The number of esters is 1. The van der Waals surface area contributed by atoms with Crippen LogP contribution in [0.25, 0.3) is 0 Å². The number of hydrogen-bond acceptors (Lipinski definition) is 4. The van der Waals surface area contributed by atoms with Gasteiger partial charge in [-0.3, -0.25) is 9.59 Å². The molecule has 1 aliphatic carbocycles. The summed E-state index contributed by atoms with van der Waals surface area (Å²) in [4.78, 5) is 25.9. The SMILES string of the molecule is CC(NC(=O)COC(=O)C1(c2cccc(F)c2)CCCC1)c1cccs1. The predicted octanol–water partition coefficient (Wildman–Crippen LogP) is 4.12. The molecule has 0 radical (unpaired) electrons. The van der Waals surface area contributed by atoms with Gasteiger partial charge in [-0.25, -0.2) is 4.39 Å². The highest BCUT2D eigenvalue weighted by atomic mass is 32.1. The van der Waals surface area contributed by atoms with Gasteiger partial charge in [-0.05, 0) is 48.9 Å². The van der Waals surface area contributed by atoms with E-state index in [-0.39, 0.29) is 24.4 Å². The van der Waals surface area contributed by atoms with Crippen LogP contribution >= 0.6 is 11.3 Å². The van der Waals surface area contributed by atoms with Gasteiger partial charge in [0.2, 0.25) is 0 Å². The molecule has 1 unspecified atom stereocenters. The zero-order valence-corrected chi connectivity index (χ0v) is 15.5. The number of thiophene rings is 1. The Balaban J connectivity index is 1.63. The van der Waals surface area contributed by atoms with Crippen molar-refractivity contribution in [3.63, 3.8) is 0 Å². The summed E-state index contributed by atoms with van der Waals surface area (Å²) in [6.07, 6.45) is 2.99. The maximum Gasteiger partial charge on any atom is 0.317 e. The predicted molar refractivity (Wildman–Crippen MR) is 98.4 cm³/mol. The van der Waals surface area contributed by atoms with Gasteiger partial charge in [0.25, 0.3) is 5.91 Å². The lowest BCUT2D eigenvalue weighted by atomic mass is 9.79. The lowest BCUT2D eigenvalue weighted by Crippen LogP contribution is -2.38. The minimum Gasteiger partial charge on any atom is -0.455 e. The Labute approximate surface area is 156 Å². The molecule has 1 aromatic carbocycles. The van der Waals surface area contributed by atoms with Gasteiger partial charge in [0.1, 0.15) is 5.82 Å². The van der Waals surface area contributed by atoms with Gasteiger partial charge in [0, 0.05) is 4.88 Å². The summed E-state index contributed by atoms with van der Waals surface area (Å²) in [5, 5.41) is 4.77. The second-order valence-electron chi connectivity index (χ2n) is 6.68. The van der Waals surface area contributed by atoms with Crippen molar-refractivity contribution < 1.29 is 18.7 Å². The van der Waals surface area contributed by atoms with Gasteiger partial charge in [0.05, 0.1) is 11.5 Å². The molecule has 1 atom stereocenters. The molecule has 2 aromatic rings. The Morgan fingerprint density at radius 2 is 2.04 bits per heavy atom. The van der Waals surface area contributed by atoms with Crippen molar-refractivity contribution in [1.82, 2.24) is 5.32 Å². The zero-order valence-electron chi connectivity index (χ0n) is 14.7. The van der Waals surface area contributed by atoms with Gasteiger partial charge in [-0.1, -0.05) is 31.0 Å². The van der Waals surface area contributed by atoms with E-state index in [1.807, 2.05) is 24.4 Å². The summed E-state index contributed by atoms with van der Waals surface area (Å²) >= 11 is 1.56. The third kappa shape index (κ3) is 3.96. The van der Waals surface area contributed by atoms with Crippen LogP contribution in [-0.4, -0.2) is 18.5 Å². The number of carbonyl (C=O) groups excluding carboxylic acids is 2. The minimum absolute atomic E-state index is 0.134. The van der Waals surface area contributed by atoms with Crippen LogP contribution in [0.2, 0.25) is 0 Å². The molecule has 1 N–H and O–H groups in total. The Morgan fingerprint density at radius 1 is 1.27 bits per heavy atom. The Kier molecular flexibility index (Phi) is 5.71. The summed E-state index contributed by atoms with van der Waals surface area (Å²) in [6, 6.07) is 9.85. The van der Waals surface area contributed by atoms with E-state index in [1.165, 1.54) is 12.1 Å². The quantitative estimate of drug-likeness (QED) is 0.773. The van der Waals surface area contributed by atoms with Crippen molar-refractivity contribution in [2.24, 2.45) is 0 Å². The van der Waals surface area contributed by atoms with E-state index in [0.717, 1.165) is 17.7 Å². The van der Waals surface area contributed by atoms with Crippen LogP contribution in [0.1, 0.15) is 49.1 Å². The van der Waals surface area contributed by atoms with E-state index < -0.39 is 11.4 Å². The van der Waals surface area contributed by atoms with Crippen LogP contribution in [0.15, 0.2) is 41.8 Å². The Hall–Kier alpha value is -2.21. The molecule has 1 saturated carbocycles. The van der Waals surface area contributed by atoms with Gasteiger partial charge >= 0.3 is 5.97 Å². The molecule has 4 nitrogen and oxygen atoms in total. The molecular weight excluding hydrogens is 353 g/mol. The van der Waals surface area contributed by atoms with Crippen LogP contribution in [-0.2, 0) is 19.7 Å². The molecule has 6 heteroatoms. The second-order valence-corrected chi connectivity index (χ2v) is 7.66. The van der Waals surface area contributed by atoms with E-state index in [9.17, 15) is 14.0 Å². The number of amides is 1. The molecule has 1 heterocycles. The maximum atomic E-state index is 13.6. The average Bonchev–Trinajstić information content (AvgIpc) is 3.31. The number of nitrogens with one attached hydrogen (secondary N) is 1. The first-order chi connectivity index (χ1) is 12.5. The van der Waals surface area contributed by atoms with Crippen LogP contribution in [0.4, 0.5) is 4.39 Å². The summed E-state index contributed by atoms with van der Waals surface area (Å²) < 4.78 is 19.0. The summed E-state index contributed by atoms with van der Waals surface area (Å²) in [6.45, 7) is 1.56. The van der Waals surface area contributed by atoms with E-state index in [0.29, 0.717) is 18.4 Å². The van der Waals surface area contributed by atoms with E-state index in [1.54, 1.807) is 23.5 Å². The molecule has 1 amide bonds. The molecule has 1 aliphatic rings. The van der Waals surface area contributed by atoms with Crippen molar-refractivity contribution >= 4 is 23.2 Å². The number of rotatable bonds is 6. The first kappa shape index (κ1) is 18.6. The Morgan fingerprint density at radius 3 is 2.69 bits per heavy atom. The van der Waals surface area contributed by atoms with Gasteiger partial charge in [0.15, 0.2) is 6.61 Å². The lowest BCUT2D eigenvalue weighted by Gasteiger charge is -2.27. The highest BCUT2D eigenvalue weighted by molar-refractivity contribution is 7.10. The molecule has 0 spiro atoms. The fourth-order valence-electron chi connectivity index (χ4n) is 3.54. The summed E-state index contributed by atoms with van der Waals surface area (Å²) in [5.41, 5.74) is -0.214. The number of hydrogen-bond donors (Lipinski definition) is 1. The van der Waals surface area contributed by atoms with Crippen molar-refractivity contribution in [3.05, 3.63) is 58.0 Å². The van der Waals surface area contributed by atoms with Gasteiger partial charge in [-0.2, -0.15) is 0 Å². The largest absolute Gasteiger partial charge is 0.455 e. The molecule has 1 fully saturated rings. The molecular formula is C20H22FNO3S. The van der Waals surface area contributed by atoms with E-state index in [4.69, 9.17) is 4.74 Å². The number of ether oxygens (including phenoxy) is 1. The van der Waals surface area contributed by atoms with E-state index >= 15 is 0 Å². The van der Waals surface area contributed by atoms with Crippen LogP contribution < -0.4 is 5.32 Å². The van der Waals surface area contributed by atoms with Crippen molar-refractivity contribution in [2.75, 3.05) is 6.61 Å². The topological polar surface area (TPSA) is 55.4 Å². The number of benzene rings is 1. The lowest BCUT2D eigenvalue weighted by molar-refractivity contribution is -0.154. The van der Waals surface area contributed by atoms with E-state index in [2.05, 4.69) is 5.32 Å². The van der Waals surface area contributed by atoms with Crippen molar-refractivity contribution in [3.8, 4) is 0 Å². The third-order valence-electron chi connectivity index (χ3n) is 4.91. The standard InChI is InChI=1S/C20H22FNO3S/c1-14(17-8-5-11-26-17)22-18(23)13-25-19(24)20(9-2-3-10-20)15-6-4-7-16(21)12-15/h4-8,11-12,14H,2-3,9-10,13H2,1H3,(H,22,23). The molecule has 3 rings (SSSR count). The summed E-state index contributed by atoms with van der Waals surface area (Å²) in [5.74, 6) is -1.16. The normalized spacial score (nSPS) is 16.8. The smallest absolute Gasteiger partial charge is 0.317 e. The van der Waals surface area contributed by atoms with Crippen molar-refractivity contribution in [2.45, 2.75) is 44.1 Å². The molecule has 138 valence electrons. The van der Waals surface area contributed by atoms with Crippen LogP contribution in [0.3, 0.4) is 0 Å². The average molecular weight is 375 g/mol. The minimum atomic E-state index is -0.845. The molecule has 26 heavy (non-hydrogen) atoms. The highest BCUT2D eigenvalue weighted by Gasteiger charge is 2.44. The van der Waals surface area contributed by atoms with Crippen LogP contribution in [0, 0.1) is 5.82 Å². The number of halogens is 1. The molecule has 0 bridgehead atoms. The first-order valence-corrected chi connectivity index (χ1v) is 9.65. The van der Waals surface area contributed by atoms with Gasteiger partial charge < -0.3 is 10.1 Å². The summed E-state index contributed by atoms with van der Waals surface area (Å²) in [7, 11) is 0. The first-order valence-electron chi connectivity index (χ1n) is 8.77. The molecule has 0 saturated heterocycles. The fourth-order valence-corrected chi connectivity index (χ4v) is 4.27. The monoisotopic (exact) mass is 375 g/mol. The van der Waals surface area contributed by atoms with Gasteiger partial charge in [-0.15, -0.1) is 11.3 Å². The second kappa shape index (κ2) is 7.99. The molecule has 0 aliphatic heterocycles.